The molecule has 0 unspecified atom stereocenters. The molecule has 0 radical (unpaired) electrons. The van der Waals surface area contributed by atoms with Crippen molar-refractivity contribution in [3.05, 3.63) is 53.3 Å². The number of rotatable bonds is 7. The highest BCUT2D eigenvalue weighted by Crippen LogP contribution is 2.32. The molecule has 5 nitrogen and oxygen atoms in total. The summed E-state index contributed by atoms with van der Waals surface area (Å²) in [6.07, 6.45) is 0. The molecule has 0 N–H and O–H groups in total. The van der Waals surface area contributed by atoms with Gasteiger partial charge in [0.1, 0.15) is 11.3 Å². The van der Waals surface area contributed by atoms with E-state index in [-0.39, 0.29) is 11.7 Å². The van der Waals surface area contributed by atoms with E-state index in [9.17, 15) is 9.18 Å². The monoisotopic (exact) mass is 428 g/mol. The van der Waals surface area contributed by atoms with Gasteiger partial charge >= 0.3 is 0 Å². The van der Waals surface area contributed by atoms with Gasteiger partial charge in [-0.25, -0.2) is 14.4 Å². The van der Waals surface area contributed by atoms with Crippen molar-refractivity contribution in [1.82, 2.24) is 14.9 Å². The molecule has 150 valence electrons. The predicted octanol–water partition coefficient (Wildman–Crippen LogP) is 5.03. The Hall–Kier alpha value is -2.42. The van der Waals surface area contributed by atoms with E-state index in [1.807, 2.05) is 30.3 Å². The Kier molecular flexibility index (Phi) is 5.84. The van der Waals surface area contributed by atoms with Gasteiger partial charge in [0, 0.05) is 13.1 Å². The molecule has 4 rings (SSSR count). The second-order valence-electron chi connectivity index (χ2n) is 6.55. The zero-order chi connectivity index (χ0) is 20.4. The summed E-state index contributed by atoms with van der Waals surface area (Å²) in [7, 11) is 0. The van der Waals surface area contributed by atoms with E-state index in [0.29, 0.717) is 28.7 Å². The number of halogens is 1. The number of aromatic nitrogens is 2. The predicted molar refractivity (Wildman–Crippen MR) is 119 cm³/mol. The van der Waals surface area contributed by atoms with Crippen LogP contribution in [0.1, 0.15) is 23.6 Å². The minimum absolute atomic E-state index is 0.196. The van der Waals surface area contributed by atoms with Gasteiger partial charge in [-0.1, -0.05) is 43.4 Å². The van der Waals surface area contributed by atoms with Crippen LogP contribution in [0, 0.1) is 5.82 Å². The third-order valence-electron chi connectivity index (χ3n) is 4.85. The molecule has 2 aromatic carbocycles. The molecule has 4 aromatic rings. The number of fused-ring (bicyclic) bond motifs is 2. The first-order chi connectivity index (χ1) is 14.1. The Morgan fingerprint density at radius 2 is 1.72 bits per heavy atom. The van der Waals surface area contributed by atoms with Gasteiger partial charge in [0.05, 0.1) is 14.9 Å². The summed E-state index contributed by atoms with van der Waals surface area (Å²) in [4.78, 5) is 26.2. The Morgan fingerprint density at radius 1 is 0.966 bits per heavy atom. The molecule has 8 heteroatoms. The lowest BCUT2D eigenvalue weighted by Gasteiger charge is -2.24. The molecular formula is C21H21FN4OS2. The van der Waals surface area contributed by atoms with Crippen LogP contribution < -0.4 is 4.90 Å². The normalized spacial score (nSPS) is 11.6. The van der Waals surface area contributed by atoms with E-state index in [2.05, 4.69) is 28.7 Å². The molecule has 0 atom stereocenters. The van der Waals surface area contributed by atoms with Crippen molar-refractivity contribution >= 4 is 54.1 Å². The first-order valence-corrected chi connectivity index (χ1v) is 11.2. The van der Waals surface area contributed by atoms with Gasteiger partial charge in [-0.15, -0.1) is 11.3 Å². The maximum absolute atomic E-state index is 14.2. The fraction of sp³-hybridized carbons (Fsp3) is 0.286. The number of carbonyl (C=O) groups excluding carboxylic acids is 1. The molecule has 0 aliphatic carbocycles. The molecule has 2 heterocycles. The summed E-state index contributed by atoms with van der Waals surface area (Å²) in [6, 6.07) is 12.6. The molecule has 0 saturated heterocycles. The number of likely N-dealkylation sites (N-methyl/N-ethyl adjacent to an activating group) is 1. The van der Waals surface area contributed by atoms with Crippen molar-refractivity contribution < 1.29 is 9.18 Å². The van der Waals surface area contributed by atoms with E-state index in [1.54, 1.807) is 11.0 Å². The van der Waals surface area contributed by atoms with Crippen LogP contribution in [0.4, 0.5) is 9.52 Å². The molecule has 0 bridgehead atoms. The van der Waals surface area contributed by atoms with Crippen molar-refractivity contribution in [2.45, 2.75) is 13.8 Å². The van der Waals surface area contributed by atoms with Crippen LogP contribution in [0.25, 0.3) is 20.4 Å². The number of para-hydroxylation sites is 2. The third-order valence-corrected chi connectivity index (χ3v) is 6.91. The number of benzene rings is 2. The van der Waals surface area contributed by atoms with Gasteiger partial charge in [-0.3, -0.25) is 9.69 Å². The maximum atomic E-state index is 14.2. The average molecular weight is 429 g/mol. The first-order valence-electron chi connectivity index (χ1n) is 9.55. The fourth-order valence-corrected chi connectivity index (χ4v) is 5.08. The lowest BCUT2D eigenvalue weighted by atomic mass is 10.3. The zero-order valence-electron chi connectivity index (χ0n) is 16.3. The van der Waals surface area contributed by atoms with Crippen molar-refractivity contribution in [1.29, 1.82) is 0 Å². The van der Waals surface area contributed by atoms with Crippen molar-refractivity contribution in [2.24, 2.45) is 0 Å². The van der Waals surface area contributed by atoms with Crippen molar-refractivity contribution in [3.8, 4) is 0 Å². The van der Waals surface area contributed by atoms with Crippen LogP contribution in [0.3, 0.4) is 0 Å². The van der Waals surface area contributed by atoms with Crippen LogP contribution in [0.15, 0.2) is 42.5 Å². The van der Waals surface area contributed by atoms with Crippen molar-refractivity contribution in [3.63, 3.8) is 0 Å². The molecular weight excluding hydrogens is 407 g/mol. The number of thiazole rings is 2. The van der Waals surface area contributed by atoms with Crippen molar-refractivity contribution in [2.75, 3.05) is 31.1 Å². The molecule has 0 spiro atoms. The summed E-state index contributed by atoms with van der Waals surface area (Å²) in [5, 5.41) is 0.923. The summed E-state index contributed by atoms with van der Waals surface area (Å²) in [5.74, 6) is -0.570. The molecule has 0 saturated carbocycles. The average Bonchev–Trinajstić information content (AvgIpc) is 3.36. The Labute approximate surface area is 176 Å². The number of amides is 1. The van der Waals surface area contributed by atoms with Gasteiger partial charge in [-0.05, 0) is 37.4 Å². The van der Waals surface area contributed by atoms with Crippen LogP contribution in [0.2, 0.25) is 0 Å². The zero-order valence-corrected chi connectivity index (χ0v) is 17.9. The second kappa shape index (κ2) is 8.52. The Bertz CT molecular complexity index is 1120. The maximum Gasteiger partial charge on any atom is 0.289 e. The van der Waals surface area contributed by atoms with Gasteiger partial charge in [0.15, 0.2) is 10.1 Å². The number of carbonyl (C=O) groups is 1. The molecule has 0 aliphatic heterocycles. The van der Waals surface area contributed by atoms with Gasteiger partial charge in [-0.2, -0.15) is 0 Å². The topological polar surface area (TPSA) is 49.3 Å². The fourth-order valence-electron chi connectivity index (χ4n) is 3.16. The van der Waals surface area contributed by atoms with E-state index in [0.717, 1.165) is 28.0 Å². The minimum atomic E-state index is -0.374. The summed E-state index contributed by atoms with van der Waals surface area (Å²) in [5.41, 5.74) is 1.11. The van der Waals surface area contributed by atoms with E-state index in [4.69, 9.17) is 0 Å². The van der Waals surface area contributed by atoms with E-state index < -0.39 is 0 Å². The molecule has 0 aliphatic rings. The van der Waals surface area contributed by atoms with Crippen LogP contribution >= 0.6 is 22.7 Å². The van der Waals surface area contributed by atoms with Gasteiger partial charge in [0.25, 0.3) is 5.91 Å². The molecule has 0 fully saturated rings. The Morgan fingerprint density at radius 3 is 2.45 bits per heavy atom. The smallest absolute Gasteiger partial charge is 0.289 e. The standard InChI is InChI=1S/C21H21FN4OS2/c1-3-25(4-2)12-13-26(21-24-18-14(22)8-7-11-17(18)29-21)20(27)19-23-15-9-5-6-10-16(15)28-19/h5-11H,3-4,12-13H2,1-2H3. The summed E-state index contributed by atoms with van der Waals surface area (Å²) in [6.45, 7) is 7.16. The van der Waals surface area contributed by atoms with E-state index in [1.165, 1.54) is 28.7 Å². The first kappa shape index (κ1) is 19.9. The molecule has 29 heavy (non-hydrogen) atoms. The second-order valence-corrected chi connectivity index (χ2v) is 8.59. The van der Waals surface area contributed by atoms with Crippen LogP contribution in [-0.4, -0.2) is 47.0 Å². The van der Waals surface area contributed by atoms with Gasteiger partial charge in [0.2, 0.25) is 0 Å². The summed E-state index contributed by atoms with van der Waals surface area (Å²) >= 11 is 2.70. The number of nitrogens with zero attached hydrogens (tertiary/aromatic N) is 4. The largest absolute Gasteiger partial charge is 0.302 e. The number of hydrogen-bond donors (Lipinski definition) is 0. The van der Waals surface area contributed by atoms with Crippen LogP contribution in [0.5, 0.6) is 0 Å². The third kappa shape index (κ3) is 4.01. The quantitative estimate of drug-likeness (QED) is 0.414. The minimum Gasteiger partial charge on any atom is -0.302 e. The van der Waals surface area contributed by atoms with E-state index >= 15 is 0 Å². The number of anilines is 1. The van der Waals surface area contributed by atoms with Gasteiger partial charge < -0.3 is 4.90 Å². The highest BCUT2D eigenvalue weighted by Gasteiger charge is 2.25. The molecule has 2 aromatic heterocycles. The van der Waals surface area contributed by atoms with Crippen LogP contribution in [-0.2, 0) is 0 Å². The number of hydrogen-bond acceptors (Lipinski definition) is 6. The summed E-state index contributed by atoms with van der Waals surface area (Å²) < 4.78 is 15.9. The lowest BCUT2D eigenvalue weighted by Crippen LogP contribution is -2.38. The SMILES string of the molecule is CCN(CC)CCN(C(=O)c1nc2ccccc2s1)c1nc2c(F)cccc2s1. The Balaban J connectivity index is 1.72. The lowest BCUT2D eigenvalue weighted by molar-refractivity contribution is 0.0983. The highest BCUT2D eigenvalue weighted by atomic mass is 32.1. The molecule has 1 amide bonds. The highest BCUT2D eigenvalue weighted by molar-refractivity contribution is 7.23.